The van der Waals surface area contributed by atoms with E-state index in [9.17, 15) is 9.36 Å². The molecule has 130 valence electrons. The molecule has 0 aromatic carbocycles. The fraction of sp³-hybridized carbons (Fsp3) is 0.929. The molecule has 0 unspecified atom stereocenters. The summed E-state index contributed by atoms with van der Waals surface area (Å²) in [5.41, 5.74) is -1.35. The molecular weight excluding hydrogens is 311 g/mol. The van der Waals surface area contributed by atoms with Gasteiger partial charge in [-0.2, -0.15) is 0 Å². The van der Waals surface area contributed by atoms with Crippen LogP contribution in [0, 0.1) is 0 Å². The van der Waals surface area contributed by atoms with E-state index in [0.717, 1.165) is 0 Å². The second-order valence-electron chi connectivity index (χ2n) is 4.75. The number of ether oxygens (including phenoxy) is 3. The number of unbranched alkanes of at least 4 members (excludes halogenated alkanes) is 1. The zero-order valence-electron chi connectivity index (χ0n) is 13.7. The van der Waals surface area contributed by atoms with Crippen LogP contribution in [-0.4, -0.2) is 44.5 Å². The van der Waals surface area contributed by atoms with Crippen molar-refractivity contribution in [1.82, 2.24) is 0 Å². The molecular formula is C14H27O7P. The molecule has 0 N–H and O–H groups in total. The van der Waals surface area contributed by atoms with E-state index in [0.29, 0.717) is 45.5 Å². The molecule has 1 saturated heterocycles. The van der Waals surface area contributed by atoms with Crippen molar-refractivity contribution in [2.24, 2.45) is 0 Å². The van der Waals surface area contributed by atoms with Crippen molar-refractivity contribution in [2.75, 3.05) is 33.0 Å². The van der Waals surface area contributed by atoms with Crippen LogP contribution < -0.4 is 0 Å². The first-order valence-electron chi connectivity index (χ1n) is 7.86. The lowest BCUT2D eigenvalue weighted by molar-refractivity contribution is -0.143. The Hall–Kier alpha value is -0.460. The molecule has 1 heterocycles. The smallest absolute Gasteiger partial charge is 0.389 e. The van der Waals surface area contributed by atoms with Gasteiger partial charge in [-0.05, 0) is 33.6 Å². The summed E-state index contributed by atoms with van der Waals surface area (Å²) < 4.78 is 39.8. The topological polar surface area (TPSA) is 80.3 Å². The van der Waals surface area contributed by atoms with Crippen LogP contribution >= 0.6 is 7.60 Å². The Kier molecular flexibility index (Phi) is 8.57. The van der Waals surface area contributed by atoms with Gasteiger partial charge in [0.05, 0.1) is 33.0 Å². The maximum absolute atomic E-state index is 13.0. The summed E-state index contributed by atoms with van der Waals surface area (Å²) in [6.07, 6.45) is 1.87. The highest BCUT2D eigenvalue weighted by Gasteiger charge is 2.55. The highest BCUT2D eigenvalue weighted by Crippen LogP contribution is 2.64. The summed E-state index contributed by atoms with van der Waals surface area (Å²) in [6.45, 7) is 6.82. The zero-order chi connectivity index (χ0) is 16.5. The SMILES string of the molecule is CCOC(=O)CCCCC1(P(=O)(OCC)OCC)OCCO1. The molecule has 8 heteroatoms. The molecule has 0 aliphatic carbocycles. The third-order valence-corrected chi connectivity index (χ3v) is 5.70. The van der Waals surface area contributed by atoms with Crippen molar-refractivity contribution in [3.8, 4) is 0 Å². The second-order valence-corrected chi connectivity index (χ2v) is 6.95. The first-order chi connectivity index (χ1) is 10.5. The van der Waals surface area contributed by atoms with Crippen LogP contribution in [0.2, 0.25) is 0 Å². The quantitative estimate of drug-likeness (QED) is 0.325. The van der Waals surface area contributed by atoms with Crippen molar-refractivity contribution >= 4 is 13.6 Å². The van der Waals surface area contributed by atoms with Gasteiger partial charge in [-0.3, -0.25) is 9.36 Å². The minimum atomic E-state index is -3.54. The van der Waals surface area contributed by atoms with Crippen molar-refractivity contribution in [2.45, 2.75) is 52.0 Å². The molecule has 7 nitrogen and oxygen atoms in total. The first kappa shape index (κ1) is 19.6. The van der Waals surface area contributed by atoms with Crippen molar-refractivity contribution in [3.63, 3.8) is 0 Å². The van der Waals surface area contributed by atoms with Gasteiger partial charge in [0.1, 0.15) is 0 Å². The van der Waals surface area contributed by atoms with Gasteiger partial charge in [0.2, 0.25) is 0 Å². The molecule has 0 radical (unpaired) electrons. The Morgan fingerprint density at radius 2 is 1.64 bits per heavy atom. The summed E-state index contributed by atoms with van der Waals surface area (Å²) in [5.74, 6) is -0.234. The van der Waals surface area contributed by atoms with Crippen LogP contribution in [0.15, 0.2) is 0 Å². The molecule has 0 amide bonds. The van der Waals surface area contributed by atoms with Gasteiger partial charge >= 0.3 is 13.6 Å². The summed E-state index contributed by atoms with van der Waals surface area (Å²) in [4.78, 5) is 11.3. The number of esters is 1. The third kappa shape index (κ3) is 5.03. The largest absolute Gasteiger partial charge is 0.466 e. The highest BCUT2D eigenvalue weighted by atomic mass is 31.2. The molecule has 0 spiro atoms. The molecule has 1 fully saturated rings. The molecule has 1 aliphatic heterocycles. The Bertz CT molecular complexity index is 369. The lowest BCUT2D eigenvalue weighted by atomic mass is 10.2. The van der Waals surface area contributed by atoms with E-state index in [1.54, 1.807) is 20.8 Å². The number of rotatable bonds is 11. The molecule has 1 rings (SSSR count). The molecule has 0 saturated carbocycles. The van der Waals surface area contributed by atoms with Crippen LogP contribution in [0.4, 0.5) is 0 Å². The fourth-order valence-electron chi connectivity index (χ4n) is 2.31. The predicted octanol–water partition coefficient (Wildman–Crippen LogP) is 3.08. The summed E-state index contributed by atoms with van der Waals surface area (Å²) in [6, 6.07) is 0. The third-order valence-electron chi connectivity index (χ3n) is 3.18. The maximum atomic E-state index is 13.0. The van der Waals surface area contributed by atoms with Gasteiger partial charge in [-0.15, -0.1) is 0 Å². The van der Waals surface area contributed by atoms with Crippen LogP contribution in [0.3, 0.4) is 0 Å². The van der Waals surface area contributed by atoms with Gasteiger partial charge in [0.15, 0.2) is 0 Å². The van der Waals surface area contributed by atoms with E-state index in [4.69, 9.17) is 23.3 Å². The lowest BCUT2D eigenvalue weighted by Gasteiger charge is -2.33. The monoisotopic (exact) mass is 338 g/mol. The summed E-state index contributed by atoms with van der Waals surface area (Å²) >= 11 is 0. The maximum Gasteiger partial charge on any atom is 0.389 e. The van der Waals surface area contributed by atoms with Crippen molar-refractivity contribution < 1.29 is 32.6 Å². The fourth-order valence-corrected chi connectivity index (χ4v) is 4.39. The molecule has 22 heavy (non-hydrogen) atoms. The Labute approximate surface area is 132 Å². The van der Waals surface area contributed by atoms with Crippen molar-refractivity contribution in [1.29, 1.82) is 0 Å². The lowest BCUT2D eigenvalue weighted by Crippen LogP contribution is -2.32. The number of carbonyl (C=O) groups is 1. The molecule has 0 aromatic heterocycles. The van der Waals surface area contributed by atoms with E-state index in [2.05, 4.69) is 0 Å². The Morgan fingerprint density at radius 3 is 2.14 bits per heavy atom. The molecule has 0 aromatic rings. The minimum Gasteiger partial charge on any atom is -0.466 e. The van der Waals surface area contributed by atoms with E-state index in [1.807, 2.05) is 0 Å². The Morgan fingerprint density at radius 1 is 1.05 bits per heavy atom. The van der Waals surface area contributed by atoms with Crippen LogP contribution in [0.5, 0.6) is 0 Å². The van der Waals surface area contributed by atoms with Gasteiger partial charge in [0, 0.05) is 12.8 Å². The average Bonchev–Trinajstić information content (AvgIpc) is 2.95. The van der Waals surface area contributed by atoms with Crippen LogP contribution in [-0.2, 0) is 32.6 Å². The predicted molar refractivity (Wildman–Crippen MR) is 80.6 cm³/mol. The Balaban J connectivity index is 2.62. The van der Waals surface area contributed by atoms with Crippen LogP contribution in [0.1, 0.15) is 46.5 Å². The highest BCUT2D eigenvalue weighted by molar-refractivity contribution is 7.55. The average molecular weight is 338 g/mol. The molecule has 0 atom stereocenters. The van der Waals surface area contributed by atoms with Gasteiger partial charge in [-0.25, -0.2) is 0 Å². The normalized spacial score (nSPS) is 17.6. The second kappa shape index (κ2) is 9.63. The van der Waals surface area contributed by atoms with E-state index in [-0.39, 0.29) is 19.2 Å². The van der Waals surface area contributed by atoms with Gasteiger partial charge < -0.3 is 23.3 Å². The van der Waals surface area contributed by atoms with E-state index in [1.165, 1.54) is 0 Å². The zero-order valence-corrected chi connectivity index (χ0v) is 14.6. The standard InChI is InChI=1S/C14H27O7P/c1-4-17-13(15)9-7-8-10-14(18-11-12-19-14)22(16,20-5-2)21-6-3/h4-12H2,1-3H3. The molecule has 1 aliphatic rings. The first-order valence-corrected chi connectivity index (χ1v) is 9.40. The number of carbonyl (C=O) groups excluding carboxylic acids is 1. The van der Waals surface area contributed by atoms with Crippen molar-refractivity contribution in [3.05, 3.63) is 0 Å². The summed E-state index contributed by atoms with van der Waals surface area (Å²) in [7, 11) is -3.54. The van der Waals surface area contributed by atoms with Crippen LogP contribution in [0.25, 0.3) is 0 Å². The molecule has 0 bridgehead atoms. The summed E-state index contributed by atoms with van der Waals surface area (Å²) in [5, 5.41) is 0. The number of hydrogen-bond acceptors (Lipinski definition) is 7. The number of hydrogen-bond donors (Lipinski definition) is 0. The van der Waals surface area contributed by atoms with Gasteiger partial charge in [-0.1, -0.05) is 0 Å². The van der Waals surface area contributed by atoms with Gasteiger partial charge in [0.25, 0.3) is 5.53 Å². The minimum absolute atomic E-state index is 0.234. The van der Waals surface area contributed by atoms with E-state index < -0.39 is 13.1 Å². The van der Waals surface area contributed by atoms with E-state index >= 15 is 0 Å².